The van der Waals surface area contributed by atoms with Gasteiger partial charge in [-0.3, -0.25) is 9.59 Å². The average Bonchev–Trinajstić information content (AvgIpc) is 3.29. The summed E-state index contributed by atoms with van der Waals surface area (Å²) in [6.07, 6.45) is 2.97. The minimum Gasteiger partial charge on any atom is -0.492 e. The van der Waals surface area contributed by atoms with Gasteiger partial charge in [0.15, 0.2) is 0 Å². The van der Waals surface area contributed by atoms with Crippen LogP contribution in [0, 0.1) is 0 Å². The lowest BCUT2D eigenvalue weighted by Crippen LogP contribution is -2.43. The third-order valence-corrected chi connectivity index (χ3v) is 5.28. The van der Waals surface area contributed by atoms with Crippen molar-refractivity contribution in [1.82, 2.24) is 25.2 Å². The summed E-state index contributed by atoms with van der Waals surface area (Å²) in [5.74, 6) is 0.535. The average molecular weight is 399 g/mol. The summed E-state index contributed by atoms with van der Waals surface area (Å²) in [7, 11) is 0. The zero-order valence-electron chi connectivity index (χ0n) is 16.2. The third kappa shape index (κ3) is 4.92. The number of aromatic nitrogens is 3. The SMILES string of the molecule is O=C1CCCc2cn(nn2)CCOc2ccc(cc2)CC(=O)N2C[C@@H](O)[C@@H](C2)N1. The molecule has 0 spiro atoms. The highest BCUT2D eigenvalue weighted by atomic mass is 16.5. The maximum atomic E-state index is 12.6. The molecule has 1 fully saturated rings. The quantitative estimate of drug-likeness (QED) is 0.642. The van der Waals surface area contributed by atoms with Gasteiger partial charge in [-0.05, 0) is 30.5 Å². The second kappa shape index (κ2) is 8.60. The van der Waals surface area contributed by atoms with Crippen molar-refractivity contribution in [3.63, 3.8) is 0 Å². The number of benzene rings is 1. The Hall–Kier alpha value is -2.94. The van der Waals surface area contributed by atoms with E-state index in [1.54, 1.807) is 9.58 Å². The van der Waals surface area contributed by atoms with Crippen molar-refractivity contribution in [1.29, 1.82) is 0 Å². The van der Waals surface area contributed by atoms with Crippen LogP contribution in [0.15, 0.2) is 30.5 Å². The van der Waals surface area contributed by atoms with Crippen LogP contribution in [0.25, 0.3) is 0 Å². The van der Waals surface area contributed by atoms with E-state index >= 15 is 0 Å². The van der Waals surface area contributed by atoms with Crippen molar-refractivity contribution in [2.45, 2.75) is 44.4 Å². The molecule has 0 unspecified atom stereocenters. The van der Waals surface area contributed by atoms with E-state index in [0.717, 1.165) is 17.0 Å². The third-order valence-electron chi connectivity index (χ3n) is 5.28. The topological polar surface area (TPSA) is 110 Å². The minimum atomic E-state index is -0.757. The molecule has 154 valence electrons. The van der Waals surface area contributed by atoms with E-state index in [4.69, 9.17) is 4.74 Å². The van der Waals surface area contributed by atoms with Crippen LogP contribution in [0.1, 0.15) is 24.1 Å². The van der Waals surface area contributed by atoms with Gasteiger partial charge in [-0.15, -0.1) is 5.10 Å². The van der Waals surface area contributed by atoms with Crippen molar-refractivity contribution in [2.24, 2.45) is 0 Å². The molecule has 2 atom stereocenters. The van der Waals surface area contributed by atoms with E-state index in [1.807, 2.05) is 30.5 Å². The van der Waals surface area contributed by atoms with Crippen LogP contribution in [0.2, 0.25) is 0 Å². The number of carbonyl (C=O) groups excluding carboxylic acids is 2. The lowest BCUT2D eigenvalue weighted by molar-refractivity contribution is -0.130. The van der Waals surface area contributed by atoms with Crippen LogP contribution >= 0.6 is 0 Å². The molecule has 3 aliphatic rings. The van der Waals surface area contributed by atoms with Gasteiger partial charge in [-0.25, -0.2) is 4.68 Å². The summed E-state index contributed by atoms with van der Waals surface area (Å²) in [4.78, 5) is 26.4. The number of fused-ring (bicyclic) bond motifs is 9. The zero-order chi connectivity index (χ0) is 20.2. The first-order chi connectivity index (χ1) is 14.1. The van der Waals surface area contributed by atoms with Gasteiger partial charge >= 0.3 is 0 Å². The van der Waals surface area contributed by atoms with Crippen LogP contribution in [0.3, 0.4) is 0 Å². The summed E-state index contributed by atoms with van der Waals surface area (Å²) in [6, 6.07) is 6.98. The molecule has 0 saturated carbocycles. The Morgan fingerprint density at radius 2 is 1.97 bits per heavy atom. The summed E-state index contributed by atoms with van der Waals surface area (Å²) < 4.78 is 7.47. The Balaban J connectivity index is 1.48. The Labute approximate surface area is 168 Å². The summed E-state index contributed by atoms with van der Waals surface area (Å²) >= 11 is 0. The van der Waals surface area contributed by atoms with Crippen LogP contribution < -0.4 is 10.1 Å². The van der Waals surface area contributed by atoms with E-state index in [0.29, 0.717) is 39.0 Å². The number of aryl methyl sites for hydroxylation is 1. The Kier molecular flexibility index (Phi) is 5.75. The molecule has 0 aliphatic carbocycles. The Morgan fingerprint density at radius 1 is 1.14 bits per heavy atom. The zero-order valence-corrected chi connectivity index (χ0v) is 16.2. The lowest BCUT2D eigenvalue weighted by Gasteiger charge is -2.17. The van der Waals surface area contributed by atoms with Gasteiger partial charge in [0.25, 0.3) is 0 Å². The summed E-state index contributed by atoms with van der Waals surface area (Å²) in [5.41, 5.74) is 1.70. The molecule has 1 aromatic heterocycles. The minimum absolute atomic E-state index is 0.0663. The first kappa shape index (κ1) is 19.4. The van der Waals surface area contributed by atoms with Crippen LogP contribution in [0.5, 0.6) is 5.75 Å². The molecule has 4 heterocycles. The van der Waals surface area contributed by atoms with E-state index in [9.17, 15) is 14.7 Å². The number of hydrogen-bond donors (Lipinski definition) is 2. The van der Waals surface area contributed by atoms with E-state index in [1.165, 1.54) is 0 Å². The van der Waals surface area contributed by atoms with Crippen molar-refractivity contribution < 1.29 is 19.4 Å². The molecule has 2 N–H and O–H groups in total. The molecule has 1 saturated heterocycles. The van der Waals surface area contributed by atoms with Gasteiger partial charge in [0.1, 0.15) is 12.4 Å². The number of rotatable bonds is 0. The van der Waals surface area contributed by atoms with Crippen molar-refractivity contribution >= 4 is 11.8 Å². The van der Waals surface area contributed by atoms with Crippen LogP contribution in [0.4, 0.5) is 0 Å². The van der Waals surface area contributed by atoms with Crippen LogP contribution in [-0.2, 0) is 29.0 Å². The molecular formula is C20H25N5O4. The molecule has 2 amide bonds. The normalized spacial score (nSPS) is 23.6. The fourth-order valence-electron chi connectivity index (χ4n) is 3.65. The Morgan fingerprint density at radius 3 is 2.79 bits per heavy atom. The second-order valence-corrected chi connectivity index (χ2v) is 7.54. The predicted molar refractivity (Wildman–Crippen MR) is 103 cm³/mol. The monoisotopic (exact) mass is 399 g/mol. The number of nitrogens with one attached hydrogen (secondary N) is 1. The first-order valence-corrected chi connectivity index (χ1v) is 9.93. The number of ether oxygens (including phenoxy) is 1. The number of aliphatic hydroxyl groups is 1. The standard InChI is InChI=1S/C20H25N5O4/c26-18-13-24-12-17(18)21-19(27)3-1-2-15-11-25(23-22-15)8-9-29-16-6-4-14(5-7-16)10-20(24)28/h4-7,11,17-18,26H,1-3,8-10,12-13H2,(H,21,27)/t17-,18-/m1/s1. The number of hydrogen-bond acceptors (Lipinski definition) is 6. The van der Waals surface area contributed by atoms with Gasteiger partial charge < -0.3 is 20.1 Å². The first-order valence-electron chi connectivity index (χ1n) is 9.93. The lowest BCUT2D eigenvalue weighted by atomic mass is 10.1. The fraction of sp³-hybridized carbons (Fsp3) is 0.500. The molecule has 5 rings (SSSR count). The maximum absolute atomic E-state index is 12.6. The van der Waals surface area contributed by atoms with Crippen molar-refractivity contribution in [3.8, 4) is 5.75 Å². The van der Waals surface area contributed by atoms with Crippen molar-refractivity contribution in [3.05, 3.63) is 41.7 Å². The second-order valence-electron chi connectivity index (χ2n) is 7.54. The highest BCUT2D eigenvalue weighted by Crippen LogP contribution is 2.16. The molecule has 9 nitrogen and oxygen atoms in total. The molecule has 0 radical (unpaired) electrons. The van der Waals surface area contributed by atoms with Crippen molar-refractivity contribution in [2.75, 3.05) is 19.7 Å². The highest BCUT2D eigenvalue weighted by Gasteiger charge is 2.34. The van der Waals surface area contributed by atoms with E-state index in [2.05, 4.69) is 15.6 Å². The molecule has 2 aromatic rings. The van der Waals surface area contributed by atoms with Gasteiger partial charge in [0.05, 0.1) is 30.8 Å². The van der Waals surface area contributed by atoms with E-state index in [-0.39, 0.29) is 24.8 Å². The number of carbonyl (C=O) groups is 2. The molecule has 3 aliphatic heterocycles. The van der Waals surface area contributed by atoms with Gasteiger partial charge in [-0.2, -0.15) is 0 Å². The molecule has 1 aromatic carbocycles. The maximum Gasteiger partial charge on any atom is 0.227 e. The summed E-state index contributed by atoms with van der Waals surface area (Å²) in [6.45, 7) is 1.58. The smallest absolute Gasteiger partial charge is 0.227 e. The molecule has 6 bridgehead atoms. The van der Waals surface area contributed by atoms with Gasteiger partial charge in [0.2, 0.25) is 11.8 Å². The Bertz CT molecular complexity index is 866. The highest BCUT2D eigenvalue weighted by molar-refractivity contribution is 5.80. The van der Waals surface area contributed by atoms with Gasteiger partial charge in [0, 0.05) is 25.7 Å². The van der Waals surface area contributed by atoms with Crippen LogP contribution in [-0.4, -0.2) is 68.7 Å². The summed E-state index contributed by atoms with van der Waals surface area (Å²) in [5, 5.41) is 21.3. The molecule has 29 heavy (non-hydrogen) atoms. The number of amides is 2. The fourth-order valence-corrected chi connectivity index (χ4v) is 3.65. The molecule has 9 heteroatoms. The largest absolute Gasteiger partial charge is 0.492 e. The molecular weight excluding hydrogens is 374 g/mol. The van der Waals surface area contributed by atoms with Gasteiger partial charge in [-0.1, -0.05) is 17.3 Å². The van der Waals surface area contributed by atoms with E-state index < -0.39 is 12.1 Å². The predicted octanol–water partition coefficient (Wildman–Crippen LogP) is -0.0762. The number of aliphatic hydroxyl groups excluding tert-OH is 1. The number of nitrogens with zero attached hydrogens (tertiary/aromatic N) is 4.